The van der Waals surface area contributed by atoms with E-state index < -0.39 is 10.8 Å². The maximum atomic E-state index is 13.3. The van der Waals surface area contributed by atoms with Crippen molar-refractivity contribution in [2.75, 3.05) is 26.2 Å². The quantitative estimate of drug-likeness (QED) is 0.709. The first-order valence-corrected chi connectivity index (χ1v) is 9.92. The number of ketones is 1. The van der Waals surface area contributed by atoms with Crippen molar-refractivity contribution < 1.29 is 14.4 Å². The number of nitrogens with zero attached hydrogens (tertiary/aromatic N) is 2. The fraction of sp³-hybridized carbons (Fsp3) is 0.850. The van der Waals surface area contributed by atoms with Gasteiger partial charge >= 0.3 is 0 Å². The Morgan fingerprint density at radius 3 is 1.76 bits per heavy atom. The van der Waals surface area contributed by atoms with Gasteiger partial charge in [-0.3, -0.25) is 14.4 Å². The third-order valence-electron chi connectivity index (χ3n) is 5.74. The summed E-state index contributed by atoms with van der Waals surface area (Å²) in [7, 11) is 0. The zero-order valence-corrected chi connectivity index (χ0v) is 16.4. The van der Waals surface area contributed by atoms with Crippen molar-refractivity contribution in [3.63, 3.8) is 0 Å². The molecule has 2 bridgehead atoms. The number of rotatable bonds is 7. The van der Waals surface area contributed by atoms with Gasteiger partial charge in [-0.2, -0.15) is 0 Å². The van der Waals surface area contributed by atoms with E-state index in [2.05, 4.69) is 6.92 Å². The number of hydrogen-bond donors (Lipinski definition) is 0. The molecule has 5 heteroatoms. The lowest BCUT2D eigenvalue weighted by molar-refractivity contribution is -0.168. The van der Waals surface area contributed by atoms with Crippen molar-refractivity contribution in [2.45, 2.75) is 72.6 Å². The first-order valence-electron chi connectivity index (χ1n) is 9.92. The molecular formula is C20H34N2O3. The Morgan fingerprint density at radius 1 is 0.880 bits per heavy atom. The molecule has 0 aromatic rings. The van der Waals surface area contributed by atoms with E-state index in [0.717, 1.165) is 32.1 Å². The van der Waals surface area contributed by atoms with Gasteiger partial charge in [-0.1, -0.05) is 33.6 Å². The number of hydrogen-bond acceptors (Lipinski definition) is 3. The van der Waals surface area contributed by atoms with E-state index >= 15 is 0 Å². The van der Waals surface area contributed by atoms with Crippen LogP contribution in [0.15, 0.2) is 0 Å². The van der Waals surface area contributed by atoms with Crippen molar-refractivity contribution in [1.29, 1.82) is 0 Å². The van der Waals surface area contributed by atoms with E-state index in [0.29, 0.717) is 39.0 Å². The van der Waals surface area contributed by atoms with E-state index in [-0.39, 0.29) is 17.6 Å². The topological polar surface area (TPSA) is 57.7 Å². The van der Waals surface area contributed by atoms with Crippen LogP contribution in [0.5, 0.6) is 0 Å². The maximum Gasteiger partial charge on any atom is 0.222 e. The molecule has 2 aliphatic rings. The first kappa shape index (κ1) is 19.9. The lowest BCUT2D eigenvalue weighted by atomic mass is 9.61. The molecule has 0 aromatic heterocycles. The normalized spacial score (nSPS) is 29.0. The van der Waals surface area contributed by atoms with Crippen molar-refractivity contribution >= 4 is 17.6 Å². The summed E-state index contributed by atoms with van der Waals surface area (Å²) in [5.74, 6) is 0.570. The molecule has 2 aliphatic heterocycles. The smallest absolute Gasteiger partial charge is 0.222 e. The number of carbonyl (C=O) groups is 3. The second kappa shape index (κ2) is 7.88. The van der Waals surface area contributed by atoms with E-state index in [4.69, 9.17) is 0 Å². The van der Waals surface area contributed by atoms with Gasteiger partial charge in [-0.15, -0.1) is 0 Å². The SMILES string of the molecule is CCCCC12CN(C(=O)CCC)CC(C)(CN(C(=O)CCC)C1)C2=O. The molecule has 0 saturated carbocycles. The van der Waals surface area contributed by atoms with Gasteiger partial charge in [0.1, 0.15) is 0 Å². The largest absolute Gasteiger partial charge is 0.341 e. The van der Waals surface area contributed by atoms with Crippen LogP contribution in [0.2, 0.25) is 0 Å². The molecule has 2 heterocycles. The molecule has 0 unspecified atom stereocenters. The van der Waals surface area contributed by atoms with E-state index in [9.17, 15) is 14.4 Å². The van der Waals surface area contributed by atoms with Gasteiger partial charge in [-0.25, -0.2) is 0 Å². The molecule has 142 valence electrons. The zero-order valence-electron chi connectivity index (χ0n) is 16.4. The van der Waals surface area contributed by atoms with E-state index in [1.54, 1.807) is 0 Å². The molecule has 0 radical (unpaired) electrons. The van der Waals surface area contributed by atoms with Crippen LogP contribution in [-0.2, 0) is 14.4 Å². The third-order valence-corrected chi connectivity index (χ3v) is 5.74. The number of Topliss-reactive ketones (excluding diaryl/α,β-unsaturated/α-hetero) is 1. The number of likely N-dealkylation sites (tertiary alicyclic amines) is 2. The van der Waals surface area contributed by atoms with Crippen LogP contribution < -0.4 is 0 Å². The monoisotopic (exact) mass is 350 g/mol. The van der Waals surface area contributed by atoms with Crippen LogP contribution in [0.4, 0.5) is 0 Å². The van der Waals surface area contributed by atoms with Gasteiger partial charge in [0.25, 0.3) is 0 Å². The third kappa shape index (κ3) is 3.90. The molecule has 2 rings (SSSR count). The van der Waals surface area contributed by atoms with Crippen LogP contribution >= 0.6 is 0 Å². The van der Waals surface area contributed by atoms with Crippen LogP contribution in [-0.4, -0.2) is 53.6 Å². The van der Waals surface area contributed by atoms with Gasteiger partial charge in [0.2, 0.25) is 11.8 Å². The fourth-order valence-electron chi connectivity index (χ4n) is 4.60. The Hall–Kier alpha value is -1.39. The maximum absolute atomic E-state index is 13.3. The molecule has 25 heavy (non-hydrogen) atoms. The Labute approximate surface area is 152 Å². The lowest BCUT2D eigenvalue weighted by Crippen LogP contribution is -2.70. The lowest BCUT2D eigenvalue weighted by Gasteiger charge is -2.56. The Kier molecular flexibility index (Phi) is 6.28. The molecule has 5 nitrogen and oxygen atoms in total. The van der Waals surface area contributed by atoms with E-state index in [1.807, 2.05) is 30.6 Å². The molecule has 0 spiro atoms. The fourth-order valence-corrected chi connectivity index (χ4v) is 4.60. The summed E-state index contributed by atoms with van der Waals surface area (Å²) < 4.78 is 0. The first-order chi connectivity index (χ1) is 11.8. The van der Waals surface area contributed by atoms with Gasteiger partial charge in [0.15, 0.2) is 5.78 Å². The zero-order chi connectivity index (χ0) is 18.7. The number of fused-ring (bicyclic) bond motifs is 2. The Bertz CT molecular complexity index is 499. The second-order valence-electron chi connectivity index (χ2n) is 8.27. The average molecular weight is 351 g/mol. The van der Waals surface area contributed by atoms with Crippen molar-refractivity contribution in [3.05, 3.63) is 0 Å². The van der Waals surface area contributed by atoms with Crippen LogP contribution in [0.25, 0.3) is 0 Å². The summed E-state index contributed by atoms with van der Waals surface area (Å²) in [4.78, 5) is 42.2. The highest BCUT2D eigenvalue weighted by molar-refractivity contribution is 5.95. The summed E-state index contributed by atoms with van der Waals surface area (Å²) in [5, 5.41) is 0. The summed E-state index contributed by atoms with van der Waals surface area (Å²) >= 11 is 0. The van der Waals surface area contributed by atoms with Gasteiger partial charge in [-0.05, 0) is 26.2 Å². The molecule has 0 aromatic carbocycles. The number of unbranched alkanes of at least 4 members (excludes halogenated alkanes) is 1. The highest BCUT2D eigenvalue weighted by Gasteiger charge is 2.58. The Morgan fingerprint density at radius 2 is 1.36 bits per heavy atom. The predicted molar refractivity (Wildman–Crippen MR) is 98.0 cm³/mol. The minimum absolute atomic E-state index is 0.149. The number of carbonyl (C=O) groups excluding carboxylic acids is 3. The molecule has 0 atom stereocenters. The molecular weight excluding hydrogens is 316 g/mol. The molecule has 0 aliphatic carbocycles. The summed E-state index contributed by atoms with van der Waals surface area (Å²) in [6.07, 6.45) is 5.44. The van der Waals surface area contributed by atoms with Crippen LogP contribution in [0.1, 0.15) is 72.6 Å². The number of piperidine rings is 2. The van der Waals surface area contributed by atoms with Gasteiger partial charge in [0, 0.05) is 39.0 Å². The van der Waals surface area contributed by atoms with Gasteiger partial charge < -0.3 is 9.80 Å². The Balaban J connectivity index is 2.33. The highest BCUT2D eigenvalue weighted by Crippen LogP contribution is 2.45. The van der Waals surface area contributed by atoms with Crippen LogP contribution in [0, 0.1) is 10.8 Å². The minimum Gasteiger partial charge on any atom is -0.341 e. The predicted octanol–water partition coefficient (Wildman–Crippen LogP) is 3.02. The molecule has 2 fully saturated rings. The highest BCUT2D eigenvalue weighted by atomic mass is 16.2. The standard InChI is InChI=1S/C20H34N2O3/c1-5-8-11-20-14-21(16(23)9-6-2)12-19(4,18(20)25)13-22(15-20)17(24)10-7-3/h5-15H2,1-4H3. The molecule has 2 saturated heterocycles. The molecule has 0 N–H and O–H groups in total. The van der Waals surface area contributed by atoms with Crippen molar-refractivity contribution in [2.24, 2.45) is 10.8 Å². The minimum atomic E-state index is -0.628. The summed E-state index contributed by atoms with van der Waals surface area (Å²) in [6.45, 7) is 9.95. The van der Waals surface area contributed by atoms with Crippen molar-refractivity contribution in [1.82, 2.24) is 9.80 Å². The average Bonchev–Trinajstić information content (AvgIpc) is 2.55. The van der Waals surface area contributed by atoms with Crippen molar-refractivity contribution in [3.8, 4) is 0 Å². The summed E-state index contributed by atoms with van der Waals surface area (Å²) in [5.41, 5.74) is -1.20. The van der Waals surface area contributed by atoms with Gasteiger partial charge in [0.05, 0.1) is 10.8 Å². The van der Waals surface area contributed by atoms with E-state index in [1.165, 1.54) is 0 Å². The second-order valence-corrected chi connectivity index (χ2v) is 8.27. The van der Waals surface area contributed by atoms with Crippen LogP contribution in [0.3, 0.4) is 0 Å². The summed E-state index contributed by atoms with van der Waals surface area (Å²) in [6, 6.07) is 0. The number of amides is 2. The molecule has 2 amide bonds.